The van der Waals surface area contributed by atoms with E-state index in [1.165, 1.54) is 31.2 Å². The van der Waals surface area contributed by atoms with Gasteiger partial charge in [0, 0.05) is 38.6 Å². The van der Waals surface area contributed by atoms with Gasteiger partial charge in [-0.3, -0.25) is 0 Å². The lowest BCUT2D eigenvalue weighted by Gasteiger charge is -2.27. The molecule has 4 heteroatoms. The molecule has 0 bridgehead atoms. The van der Waals surface area contributed by atoms with Crippen molar-refractivity contribution in [3.63, 3.8) is 0 Å². The van der Waals surface area contributed by atoms with E-state index in [0.717, 1.165) is 38.5 Å². The zero-order chi connectivity index (χ0) is 12.6. The second-order valence-corrected chi connectivity index (χ2v) is 4.94. The van der Waals surface area contributed by atoms with Crippen molar-refractivity contribution < 1.29 is 0 Å². The topological polar surface area (TPSA) is 41.1 Å². The number of nitrogens with zero attached hydrogens (tertiary/aromatic N) is 3. The molecule has 2 heterocycles. The molecule has 1 fully saturated rings. The van der Waals surface area contributed by atoms with Crippen molar-refractivity contribution >= 4 is 5.95 Å². The molecule has 1 N–H and O–H groups in total. The Morgan fingerprint density at radius 1 is 1.11 bits per heavy atom. The summed E-state index contributed by atoms with van der Waals surface area (Å²) >= 11 is 0. The molecule has 1 aromatic rings. The molecular formula is C14H24N4. The molecule has 100 valence electrons. The highest BCUT2D eigenvalue weighted by Crippen LogP contribution is 2.10. The van der Waals surface area contributed by atoms with Gasteiger partial charge in [-0.05, 0) is 18.4 Å². The average Bonchev–Trinajstić information content (AvgIpc) is 2.45. The van der Waals surface area contributed by atoms with Crippen molar-refractivity contribution in [3.05, 3.63) is 18.0 Å². The van der Waals surface area contributed by atoms with Gasteiger partial charge in [0.1, 0.15) is 0 Å². The van der Waals surface area contributed by atoms with Crippen LogP contribution in [0.1, 0.15) is 38.2 Å². The predicted molar refractivity (Wildman–Crippen MR) is 75.0 cm³/mol. The van der Waals surface area contributed by atoms with E-state index in [-0.39, 0.29) is 0 Å². The molecule has 0 saturated carbocycles. The van der Waals surface area contributed by atoms with Crippen molar-refractivity contribution in [2.24, 2.45) is 0 Å². The maximum atomic E-state index is 4.49. The number of rotatable bonds is 6. The van der Waals surface area contributed by atoms with E-state index in [1.54, 1.807) is 0 Å². The van der Waals surface area contributed by atoms with Gasteiger partial charge >= 0.3 is 0 Å². The molecular weight excluding hydrogens is 224 g/mol. The Balaban J connectivity index is 1.81. The van der Waals surface area contributed by atoms with Gasteiger partial charge in [0.05, 0.1) is 0 Å². The normalized spacial score (nSPS) is 15.9. The number of unbranched alkanes of at least 4 members (excludes halogenated alkanes) is 3. The molecule has 4 nitrogen and oxygen atoms in total. The Morgan fingerprint density at radius 3 is 2.50 bits per heavy atom. The minimum Gasteiger partial charge on any atom is -0.338 e. The third-order valence-electron chi connectivity index (χ3n) is 3.41. The van der Waals surface area contributed by atoms with Crippen LogP contribution in [0.25, 0.3) is 0 Å². The second-order valence-electron chi connectivity index (χ2n) is 4.94. The Bertz CT molecular complexity index is 330. The summed E-state index contributed by atoms with van der Waals surface area (Å²) in [5, 5.41) is 3.34. The summed E-state index contributed by atoms with van der Waals surface area (Å²) < 4.78 is 0. The van der Waals surface area contributed by atoms with E-state index in [4.69, 9.17) is 0 Å². The second kappa shape index (κ2) is 7.31. The Labute approximate surface area is 110 Å². The third-order valence-corrected chi connectivity index (χ3v) is 3.41. The summed E-state index contributed by atoms with van der Waals surface area (Å²) in [5.41, 5.74) is 1.27. The number of hydrogen-bond donors (Lipinski definition) is 1. The summed E-state index contributed by atoms with van der Waals surface area (Å²) in [6.07, 6.45) is 10.3. The molecule has 0 aliphatic carbocycles. The van der Waals surface area contributed by atoms with Gasteiger partial charge in [0.25, 0.3) is 0 Å². The summed E-state index contributed by atoms with van der Waals surface area (Å²) in [6.45, 7) is 6.32. The number of hydrogen-bond acceptors (Lipinski definition) is 4. The first-order valence-electron chi connectivity index (χ1n) is 7.16. The Hall–Kier alpha value is -1.16. The standard InChI is InChI=1S/C14H24N4/c1-2-3-4-5-6-13-11-16-14(17-12-13)18-9-7-15-8-10-18/h11-12,15H,2-10H2,1H3. The molecule has 0 aromatic carbocycles. The molecule has 0 unspecified atom stereocenters. The lowest BCUT2D eigenvalue weighted by Crippen LogP contribution is -2.44. The molecule has 1 aliphatic heterocycles. The highest BCUT2D eigenvalue weighted by atomic mass is 15.3. The van der Waals surface area contributed by atoms with Crippen molar-refractivity contribution in [1.29, 1.82) is 0 Å². The van der Waals surface area contributed by atoms with E-state index in [1.807, 2.05) is 12.4 Å². The van der Waals surface area contributed by atoms with Gasteiger partial charge in [-0.2, -0.15) is 0 Å². The highest BCUT2D eigenvalue weighted by Gasteiger charge is 2.12. The van der Waals surface area contributed by atoms with Crippen LogP contribution in [0, 0.1) is 0 Å². The fraction of sp³-hybridized carbons (Fsp3) is 0.714. The smallest absolute Gasteiger partial charge is 0.225 e. The molecule has 0 radical (unpaired) electrons. The molecule has 18 heavy (non-hydrogen) atoms. The Morgan fingerprint density at radius 2 is 1.83 bits per heavy atom. The number of aromatic nitrogens is 2. The maximum absolute atomic E-state index is 4.49. The molecule has 2 rings (SSSR count). The lowest BCUT2D eigenvalue weighted by atomic mass is 10.1. The largest absolute Gasteiger partial charge is 0.338 e. The molecule has 1 aromatic heterocycles. The van der Waals surface area contributed by atoms with Gasteiger partial charge in [-0.15, -0.1) is 0 Å². The van der Waals surface area contributed by atoms with Gasteiger partial charge < -0.3 is 10.2 Å². The highest BCUT2D eigenvalue weighted by molar-refractivity contribution is 5.30. The quantitative estimate of drug-likeness (QED) is 0.782. The lowest BCUT2D eigenvalue weighted by molar-refractivity contribution is 0.579. The minimum atomic E-state index is 0.883. The summed E-state index contributed by atoms with van der Waals surface area (Å²) in [7, 11) is 0. The molecule has 0 spiro atoms. The third kappa shape index (κ3) is 3.95. The SMILES string of the molecule is CCCCCCc1cnc(N2CCNCC2)nc1. The Kier molecular flexibility index (Phi) is 5.39. The van der Waals surface area contributed by atoms with E-state index in [2.05, 4.69) is 27.1 Å². The van der Waals surface area contributed by atoms with E-state index >= 15 is 0 Å². The van der Waals surface area contributed by atoms with Crippen molar-refractivity contribution in [1.82, 2.24) is 15.3 Å². The van der Waals surface area contributed by atoms with Crippen molar-refractivity contribution in [3.8, 4) is 0 Å². The summed E-state index contributed by atoms with van der Waals surface area (Å²) in [5.74, 6) is 0.883. The van der Waals surface area contributed by atoms with Crippen molar-refractivity contribution in [2.75, 3.05) is 31.1 Å². The van der Waals surface area contributed by atoms with Crippen LogP contribution in [0.15, 0.2) is 12.4 Å². The number of anilines is 1. The minimum absolute atomic E-state index is 0.883. The first-order valence-corrected chi connectivity index (χ1v) is 7.16. The van der Waals surface area contributed by atoms with Gasteiger partial charge in [0.15, 0.2) is 0 Å². The van der Waals surface area contributed by atoms with E-state index in [9.17, 15) is 0 Å². The maximum Gasteiger partial charge on any atom is 0.225 e. The van der Waals surface area contributed by atoms with E-state index < -0.39 is 0 Å². The van der Waals surface area contributed by atoms with Crippen LogP contribution in [0.5, 0.6) is 0 Å². The van der Waals surface area contributed by atoms with Crippen LogP contribution in [0.2, 0.25) is 0 Å². The van der Waals surface area contributed by atoms with Crippen LogP contribution < -0.4 is 10.2 Å². The fourth-order valence-corrected chi connectivity index (χ4v) is 2.26. The monoisotopic (exact) mass is 248 g/mol. The number of nitrogens with one attached hydrogen (secondary N) is 1. The number of piperazine rings is 1. The van der Waals surface area contributed by atoms with Gasteiger partial charge in [-0.1, -0.05) is 26.2 Å². The first kappa shape index (κ1) is 13.3. The van der Waals surface area contributed by atoms with Crippen LogP contribution >= 0.6 is 0 Å². The number of aryl methyl sites for hydroxylation is 1. The van der Waals surface area contributed by atoms with E-state index in [0.29, 0.717) is 0 Å². The van der Waals surface area contributed by atoms with Crippen LogP contribution in [-0.4, -0.2) is 36.1 Å². The summed E-state index contributed by atoms with van der Waals surface area (Å²) in [4.78, 5) is 11.2. The predicted octanol–water partition coefficient (Wildman–Crippen LogP) is 2.01. The fourth-order valence-electron chi connectivity index (χ4n) is 2.26. The van der Waals surface area contributed by atoms with Crippen LogP contribution in [0.3, 0.4) is 0 Å². The summed E-state index contributed by atoms with van der Waals surface area (Å²) in [6, 6.07) is 0. The van der Waals surface area contributed by atoms with Gasteiger partial charge in [0.2, 0.25) is 5.95 Å². The molecule has 0 atom stereocenters. The first-order chi connectivity index (χ1) is 8.90. The van der Waals surface area contributed by atoms with Crippen LogP contribution in [0.4, 0.5) is 5.95 Å². The molecule has 1 aliphatic rings. The van der Waals surface area contributed by atoms with Crippen molar-refractivity contribution in [2.45, 2.75) is 39.0 Å². The molecule has 1 saturated heterocycles. The molecule has 0 amide bonds. The van der Waals surface area contributed by atoms with Crippen LogP contribution in [-0.2, 0) is 6.42 Å². The zero-order valence-electron chi connectivity index (χ0n) is 11.4. The average molecular weight is 248 g/mol. The zero-order valence-corrected chi connectivity index (χ0v) is 11.4. The van der Waals surface area contributed by atoms with Gasteiger partial charge in [-0.25, -0.2) is 9.97 Å².